The number of aryl methyl sites for hydroxylation is 1. The number of aromatic nitrogens is 5. The van der Waals surface area contributed by atoms with E-state index in [0.717, 1.165) is 58.8 Å². The predicted octanol–water partition coefficient (Wildman–Crippen LogP) is 4.69. The van der Waals surface area contributed by atoms with Gasteiger partial charge in [0.05, 0.1) is 23.5 Å². The molecule has 61 heavy (non-hydrogen) atoms. The highest BCUT2D eigenvalue weighted by Gasteiger charge is 2.48. The van der Waals surface area contributed by atoms with Crippen molar-refractivity contribution >= 4 is 35.1 Å². The molecule has 18 heteroatoms. The number of nitrogens with zero attached hydrogens (tertiary/aromatic N) is 6. The Bertz CT molecular complexity index is 2430. The lowest BCUT2D eigenvalue weighted by atomic mass is 9.92. The molecule has 5 unspecified atom stereocenters. The molecule has 5 atom stereocenters. The summed E-state index contributed by atoms with van der Waals surface area (Å²) < 4.78 is 21.3. The van der Waals surface area contributed by atoms with E-state index in [1.165, 1.54) is 6.07 Å². The molecule has 4 heterocycles. The smallest absolute Gasteiger partial charge is 0.335 e. The van der Waals surface area contributed by atoms with Gasteiger partial charge in [-0.05, 0) is 79.8 Å². The van der Waals surface area contributed by atoms with Gasteiger partial charge in [0, 0.05) is 41.8 Å². The van der Waals surface area contributed by atoms with E-state index in [1.54, 1.807) is 16.8 Å². The topological polar surface area (TPSA) is 219 Å². The number of rotatable bonds is 11. The number of halogens is 1. The van der Waals surface area contributed by atoms with Gasteiger partial charge in [-0.3, -0.25) is 10.2 Å². The quantitative estimate of drug-likeness (QED) is 0.106. The van der Waals surface area contributed by atoms with E-state index in [-0.39, 0.29) is 17.2 Å². The van der Waals surface area contributed by atoms with Gasteiger partial charge < -0.3 is 44.5 Å². The monoisotopic (exact) mass is 856 g/mol. The minimum absolute atomic E-state index is 0.154. The number of anilines is 2. The molecular formula is C43H49ClN8O9. The Balaban J connectivity index is 0.900. The third-order valence-corrected chi connectivity index (χ3v) is 11.5. The van der Waals surface area contributed by atoms with Crippen molar-refractivity contribution in [3.63, 3.8) is 0 Å². The van der Waals surface area contributed by atoms with E-state index in [0.29, 0.717) is 60.8 Å². The first-order chi connectivity index (χ1) is 29.1. The lowest BCUT2D eigenvalue weighted by molar-refractivity contribution is -0.271. The van der Waals surface area contributed by atoms with Gasteiger partial charge in [0.2, 0.25) is 6.29 Å². The van der Waals surface area contributed by atoms with Crippen LogP contribution in [0.25, 0.3) is 17.1 Å². The van der Waals surface area contributed by atoms with E-state index in [9.17, 15) is 30.0 Å². The molecule has 322 valence electrons. The molecule has 1 aliphatic carbocycles. The Hall–Kier alpha value is -5.56. The second kappa shape index (κ2) is 17.1. The van der Waals surface area contributed by atoms with Crippen LogP contribution >= 0.6 is 11.6 Å². The second-order valence-corrected chi connectivity index (χ2v) is 17.1. The maximum Gasteiger partial charge on any atom is 0.335 e. The van der Waals surface area contributed by atoms with Crippen molar-refractivity contribution in [1.29, 1.82) is 0 Å². The van der Waals surface area contributed by atoms with Gasteiger partial charge in [-0.25, -0.2) is 14.3 Å². The number of nitrogens with one attached hydrogen (secondary N) is 2. The van der Waals surface area contributed by atoms with Crippen LogP contribution in [0.1, 0.15) is 55.4 Å². The van der Waals surface area contributed by atoms with E-state index in [2.05, 4.69) is 46.5 Å². The highest BCUT2D eigenvalue weighted by Crippen LogP contribution is 2.38. The molecule has 2 amide bonds. The summed E-state index contributed by atoms with van der Waals surface area (Å²) in [6.07, 6.45) is -6.23. The number of carboxylic acids is 1. The van der Waals surface area contributed by atoms with Gasteiger partial charge in [-0.2, -0.15) is 5.10 Å². The van der Waals surface area contributed by atoms with Crippen molar-refractivity contribution in [2.24, 2.45) is 0 Å². The Kier molecular flexibility index (Phi) is 11.8. The first-order valence-electron chi connectivity index (χ1n) is 20.2. The number of aliphatic hydroxyl groups is 3. The summed E-state index contributed by atoms with van der Waals surface area (Å²) in [7, 11) is 0. The lowest BCUT2D eigenvalue weighted by Crippen LogP contribution is -2.61. The van der Waals surface area contributed by atoms with Crippen LogP contribution in [0.5, 0.6) is 11.5 Å². The van der Waals surface area contributed by atoms with Gasteiger partial charge in [-0.15, -0.1) is 10.2 Å². The van der Waals surface area contributed by atoms with E-state index in [1.807, 2.05) is 54.0 Å². The molecule has 17 nitrogen and oxygen atoms in total. The summed E-state index contributed by atoms with van der Waals surface area (Å²) in [6.45, 7) is 11.0. The van der Waals surface area contributed by atoms with Crippen molar-refractivity contribution in [2.45, 2.75) is 96.2 Å². The highest BCUT2D eigenvalue weighted by atomic mass is 35.5. The van der Waals surface area contributed by atoms with Gasteiger partial charge in [-0.1, -0.05) is 50.1 Å². The van der Waals surface area contributed by atoms with Crippen molar-refractivity contribution in [2.75, 3.05) is 30.3 Å². The Morgan fingerprint density at radius 1 is 0.918 bits per heavy atom. The van der Waals surface area contributed by atoms with Gasteiger partial charge in [0.15, 0.2) is 11.9 Å². The molecule has 6 N–H and O–H groups in total. The number of hydrogen-bond acceptors (Lipinski definition) is 12. The summed E-state index contributed by atoms with van der Waals surface area (Å²) in [5, 5.41) is 60.6. The first-order valence-corrected chi connectivity index (χ1v) is 20.6. The Labute approximate surface area is 356 Å². The fourth-order valence-electron chi connectivity index (χ4n) is 7.85. The summed E-state index contributed by atoms with van der Waals surface area (Å²) in [6, 6.07) is 18.1. The zero-order valence-electron chi connectivity index (χ0n) is 34.2. The van der Waals surface area contributed by atoms with Gasteiger partial charge >= 0.3 is 12.0 Å². The second-order valence-electron chi connectivity index (χ2n) is 16.6. The number of fused-ring (bicyclic) bond motifs is 2. The number of amides is 2. The minimum Gasteiger partial charge on any atom is -0.492 e. The third-order valence-electron chi connectivity index (χ3n) is 11.2. The molecule has 1 fully saturated rings. The number of hydrogen-bond donors (Lipinski definition) is 6. The van der Waals surface area contributed by atoms with Crippen LogP contribution in [-0.2, 0) is 40.9 Å². The van der Waals surface area contributed by atoms with E-state index in [4.69, 9.17) is 30.9 Å². The van der Waals surface area contributed by atoms with Gasteiger partial charge in [0.1, 0.15) is 48.1 Å². The average Bonchev–Trinajstić information content (AvgIpc) is 3.99. The SMILES string of the molecule is Cc1ccc(-n2nc(C(C)(C)C)cc2NC(=O)Nc2ccc(OCCN3CCn4c(nnc4-c4cc(Cl)ccc4OC4OC(C(=O)O)C(O)C(O)C4O)C3)c3c2CCC3)cc1. The van der Waals surface area contributed by atoms with Crippen molar-refractivity contribution < 1.29 is 44.2 Å². The number of aliphatic carboxylic acids is 1. The molecule has 0 radical (unpaired) electrons. The first kappa shape index (κ1) is 42.1. The molecular weight excluding hydrogens is 808 g/mol. The summed E-state index contributed by atoms with van der Waals surface area (Å²) in [4.78, 5) is 27.3. The molecule has 2 aliphatic heterocycles. The van der Waals surface area contributed by atoms with Crippen LogP contribution in [0.3, 0.4) is 0 Å². The highest BCUT2D eigenvalue weighted by molar-refractivity contribution is 6.31. The van der Waals surface area contributed by atoms with Crippen LogP contribution in [0.15, 0.2) is 60.7 Å². The average molecular weight is 857 g/mol. The number of ether oxygens (including phenoxy) is 3. The predicted molar refractivity (Wildman–Crippen MR) is 224 cm³/mol. The summed E-state index contributed by atoms with van der Waals surface area (Å²) in [5.41, 5.74) is 5.95. The Morgan fingerprint density at radius 3 is 2.43 bits per heavy atom. The molecule has 8 rings (SSSR count). The fraction of sp³-hybridized carbons (Fsp3) is 0.419. The van der Waals surface area contributed by atoms with Crippen LogP contribution in [-0.4, -0.2) is 112 Å². The zero-order chi connectivity index (χ0) is 43.2. The van der Waals surface area contributed by atoms with Gasteiger partial charge in [0.25, 0.3) is 0 Å². The largest absolute Gasteiger partial charge is 0.492 e. The number of carboxylic acid groups (broad SMARTS) is 1. The maximum atomic E-state index is 13.5. The minimum atomic E-state index is -1.85. The molecule has 1 saturated heterocycles. The standard InChI is InChI=1S/C43H49ClN8O9/c1-23-8-11-25(12-9-23)52-33(21-32(49-52)43(2,3)4)46-42(58)45-29-13-15-30(27-7-5-6-26(27)29)59-19-18-50-16-17-51-34(22-50)47-48-39(51)28-20-24(44)10-14-31(28)60-41-37(55)35(53)36(54)38(61-41)40(56)57/h8-15,20-21,35-38,41,53-55H,5-7,16-19,22H2,1-4H3,(H,56,57)(H2,45,46,58). The Morgan fingerprint density at radius 2 is 1.67 bits per heavy atom. The molecule has 3 aliphatic rings. The maximum absolute atomic E-state index is 13.5. The van der Waals surface area contributed by atoms with Crippen LogP contribution in [0.4, 0.5) is 16.3 Å². The van der Waals surface area contributed by atoms with E-state index >= 15 is 0 Å². The molecule has 3 aromatic carbocycles. The third kappa shape index (κ3) is 8.80. The molecule has 2 aromatic heterocycles. The number of benzene rings is 3. The summed E-state index contributed by atoms with van der Waals surface area (Å²) >= 11 is 6.37. The summed E-state index contributed by atoms with van der Waals surface area (Å²) in [5.74, 6) is 1.14. The van der Waals surface area contributed by atoms with Crippen LogP contribution in [0.2, 0.25) is 5.02 Å². The molecule has 0 saturated carbocycles. The number of urea groups is 1. The van der Waals surface area contributed by atoms with Crippen molar-refractivity contribution in [3.8, 4) is 28.6 Å². The van der Waals surface area contributed by atoms with Crippen LogP contribution in [0, 0.1) is 6.92 Å². The van der Waals surface area contributed by atoms with Crippen LogP contribution < -0.4 is 20.1 Å². The number of aliphatic hydroxyl groups excluding tert-OH is 3. The van der Waals surface area contributed by atoms with Crippen molar-refractivity contribution in [1.82, 2.24) is 29.4 Å². The fourth-order valence-corrected chi connectivity index (χ4v) is 8.02. The molecule has 0 bridgehead atoms. The molecule has 0 spiro atoms. The zero-order valence-corrected chi connectivity index (χ0v) is 35.0. The van der Waals surface area contributed by atoms with E-state index < -0.39 is 36.7 Å². The van der Waals surface area contributed by atoms with Crippen molar-refractivity contribution in [3.05, 3.63) is 93.9 Å². The lowest BCUT2D eigenvalue weighted by Gasteiger charge is -2.38. The normalized spacial score (nSPS) is 21.4. The molecule has 5 aromatic rings. The number of carbonyl (C=O) groups excluding carboxylic acids is 1. The number of carbonyl (C=O) groups is 2.